The smallest absolute Gasteiger partial charge is 0.357 e. The zero-order valence-electron chi connectivity index (χ0n) is 8.13. The van der Waals surface area contributed by atoms with Crippen LogP contribution in [0.4, 0.5) is 0 Å². The number of hydrogen-bond acceptors (Lipinski definition) is 6. The van der Waals surface area contributed by atoms with Crippen molar-refractivity contribution in [3.63, 3.8) is 0 Å². The summed E-state index contributed by atoms with van der Waals surface area (Å²) in [4.78, 5) is 19.0. The molecular weight excluding hydrogens is 200 g/mol. The first-order chi connectivity index (χ1) is 7.11. The first-order valence-corrected chi connectivity index (χ1v) is 4.13. The number of carbonyl (C=O) groups excluding carboxylic acids is 1. The van der Waals surface area contributed by atoms with Crippen LogP contribution in [0.25, 0.3) is 5.78 Å². The second-order valence-electron chi connectivity index (χ2n) is 2.86. The number of ether oxygens (including phenoxy) is 1. The van der Waals surface area contributed by atoms with Crippen LogP contribution in [0.1, 0.15) is 16.3 Å². The number of aromatic hydroxyl groups is 1. The Kier molecular flexibility index (Phi) is 2.00. The van der Waals surface area contributed by atoms with E-state index in [1.165, 1.54) is 13.2 Å². The Morgan fingerprint density at radius 3 is 2.93 bits per heavy atom. The van der Waals surface area contributed by atoms with Crippen LogP contribution in [0, 0.1) is 6.92 Å². The van der Waals surface area contributed by atoms with Crippen molar-refractivity contribution in [3.8, 4) is 5.88 Å². The molecule has 0 fully saturated rings. The van der Waals surface area contributed by atoms with Gasteiger partial charge in [0.1, 0.15) is 5.82 Å². The molecule has 0 amide bonds. The molecule has 2 heterocycles. The van der Waals surface area contributed by atoms with E-state index in [1.54, 1.807) is 6.92 Å². The first kappa shape index (κ1) is 9.38. The second kappa shape index (κ2) is 3.19. The minimum absolute atomic E-state index is 0.00472. The summed E-state index contributed by atoms with van der Waals surface area (Å²) in [5.74, 6) is -0.220. The first-order valence-electron chi connectivity index (χ1n) is 4.13. The molecule has 2 rings (SSSR count). The van der Waals surface area contributed by atoms with Crippen LogP contribution in [0.3, 0.4) is 0 Å². The van der Waals surface area contributed by atoms with Crippen molar-refractivity contribution in [2.45, 2.75) is 6.92 Å². The minimum atomic E-state index is -0.631. The highest BCUT2D eigenvalue weighted by Gasteiger charge is 2.13. The van der Waals surface area contributed by atoms with E-state index in [0.717, 1.165) is 4.52 Å². The van der Waals surface area contributed by atoms with Gasteiger partial charge in [0.25, 0.3) is 5.78 Å². The maximum Gasteiger partial charge on any atom is 0.357 e. The molecule has 0 spiro atoms. The Hall–Kier alpha value is -2.18. The SMILES string of the molecule is COC(=O)c1cc(O)n2nc(C)nc2n1. The standard InChI is InChI=1S/C8H8N4O3/c1-4-9-8-10-5(7(14)15-2)3-6(13)12(8)11-4/h3,13H,1-2H3. The Bertz CT molecular complexity index is 534. The molecule has 7 heteroatoms. The van der Waals surface area contributed by atoms with Crippen LogP contribution < -0.4 is 0 Å². The normalized spacial score (nSPS) is 10.5. The van der Waals surface area contributed by atoms with Gasteiger partial charge >= 0.3 is 5.97 Å². The highest BCUT2D eigenvalue weighted by molar-refractivity contribution is 5.87. The summed E-state index contributed by atoms with van der Waals surface area (Å²) in [5.41, 5.74) is -0.00472. The maximum absolute atomic E-state index is 11.2. The molecule has 0 aliphatic heterocycles. The van der Waals surface area contributed by atoms with E-state index in [1.807, 2.05) is 0 Å². The second-order valence-corrected chi connectivity index (χ2v) is 2.86. The van der Waals surface area contributed by atoms with Gasteiger partial charge in [-0.2, -0.15) is 9.50 Å². The molecule has 0 aromatic carbocycles. The van der Waals surface area contributed by atoms with E-state index in [-0.39, 0.29) is 17.4 Å². The monoisotopic (exact) mass is 208 g/mol. The summed E-state index contributed by atoms with van der Waals surface area (Å²) < 4.78 is 5.62. The molecule has 0 atom stereocenters. The predicted octanol–water partition coefficient (Wildman–Crippen LogP) is -0.0751. The van der Waals surface area contributed by atoms with E-state index in [9.17, 15) is 9.90 Å². The molecule has 7 nitrogen and oxygen atoms in total. The number of carbonyl (C=O) groups is 1. The molecule has 1 N–H and O–H groups in total. The molecular formula is C8H8N4O3. The van der Waals surface area contributed by atoms with Gasteiger partial charge in [-0.1, -0.05) is 0 Å². The van der Waals surface area contributed by atoms with Gasteiger partial charge in [0.05, 0.1) is 7.11 Å². The van der Waals surface area contributed by atoms with E-state index >= 15 is 0 Å². The van der Waals surface area contributed by atoms with Crippen LogP contribution in [0.5, 0.6) is 5.88 Å². The van der Waals surface area contributed by atoms with Gasteiger partial charge in [0.15, 0.2) is 5.69 Å². The third-order valence-corrected chi connectivity index (χ3v) is 1.79. The number of rotatable bonds is 1. The fourth-order valence-electron chi connectivity index (χ4n) is 1.16. The number of hydrogen-bond donors (Lipinski definition) is 1. The van der Waals surface area contributed by atoms with Gasteiger partial charge in [-0.25, -0.2) is 9.78 Å². The molecule has 0 radical (unpaired) electrons. The van der Waals surface area contributed by atoms with E-state index in [2.05, 4.69) is 19.8 Å². The maximum atomic E-state index is 11.2. The summed E-state index contributed by atoms with van der Waals surface area (Å²) in [6.07, 6.45) is 0. The third kappa shape index (κ3) is 1.47. The molecule has 0 saturated heterocycles. The number of esters is 1. The summed E-state index contributed by atoms with van der Waals surface area (Å²) in [6.45, 7) is 1.66. The van der Waals surface area contributed by atoms with E-state index in [0.29, 0.717) is 5.82 Å². The highest BCUT2D eigenvalue weighted by atomic mass is 16.5. The van der Waals surface area contributed by atoms with Gasteiger partial charge in [-0.05, 0) is 6.92 Å². The lowest BCUT2D eigenvalue weighted by Crippen LogP contribution is -2.06. The number of aryl methyl sites for hydroxylation is 1. The largest absolute Gasteiger partial charge is 0.493 e. The molecule has 0 bridgehead atoms. The lowest BCUT2D eigenvalue weighted by Gasteiger charge is -1.99. The summed E-state index contributed by atoms with van der Waals surface area (Å²) in [6, 6.07) is 1.17. The zero-order valence-corrected chi connectivity index (χ0v) is 8.13. The molecule has 0 saturated carbocycles. The van der Waals surface area contributed by atoms with Gasteiger partial charge in [0, 0.05) is 6.07 Å². The van der Waals surface area contributed by atoms with Gasteiger partial charge in [0.2, 0.25) is 5.88 Å². The van der Waals surface area contributed by atoms with Crippen LogP contribution in [0.2, 0.25) is 0 Å². The topological polar surface area (TPSA) is 89.6 Å². The quantitative estimate of drug-likeness (QED) is 0.659. The van der Waals surface area contributed by atoms with Crippen LogP contribution in [-0.4, -0.2) is 37.8 Å². The van der Waals surface area contributed by atoms with Crippen LogP contribution in [0.15, 0.2) is 6.07 Å². The van der Waals surface area contributed by atoms with Crippen LogP contribution >= 0.6 is 0 Å². The molecule has 0 aliphatic carbocycles. The van der Waals surface area contributed by atoms with E-state index < -0.39 is 5.97 Å². The molecule has 15 heavy (non-hydrogen) atoms. The van der Waals surface area contributed by atoms with Crippen molar-refractivity contribution in [2.24, 2.45) is 0 Å². The summed E-state index contributed by atoms with van der Waals surface area (Å²) >= 11 is 0. The highest BCUT2D eigenvalue weighted by Crippen LogP contribution is 2.12. The minimum Gasteiger partial charge on any atom is -0.493 e. The average molecular weight is 208 g/mol. The lowest BCUT2D eigenvalue weighted by atomic mass is 10.4. The van der Waals surface area contributed by atoms with Crippen molar-refractivity contribution < 1.29 is 14.6 Å². The Morgan fingerprint density at radius 1 is 1.53 bits per heavy atom. The average Bonchev–Trinajstić information content (AvgIpc) is 2.58. The van der Waals surface area contributed by atoms with Crippen molar-refractivity contribution in [1.29, 1.82) is 0 Å². The number of aromatic nitrogens is 4. The summed E-state index contributed by atoms with van der Waals surface area (Å²) in [7, 11) is 1.24. The number of nitrogens with zero attached hydrogens (tertiary/aromatic N) is 4. The van der Waals surface area contributed by atoms with Crippen molar-refractivity contribution in [3.05, 3.63) is 17.6 Å². The van der Waals surface area contributed by atoms with Crippen molar-refractivity contribution in [1.82, 2.24) is 19.6 Å². The Balaban J connectivity index is 2.66. The Morgan fingerprint density at radius 2 is 2.27 bits per heavy atom. The van der Waals surface area contributed by atoms with Crippen molar-refractivity contribution in [2.75, 3.05) is 7.11 Å². The third-order valence-electron chi connectivity index (χ3n) is 1.79. The van der Waals surface area contributed by atoms with Crippen LogP contribution in [-0.2, 0) is 4.74 Å². The molecule has 2 aromatic heterocycles. The number of fused-ring (bicyclic) bond motifs is 1. The molecule has 0 aliphatic rings. The summed E-state index contributed by atoms with van der Waals surface area (Å²) in [5, 5.41) is 13.4. The fourth-order valence-corrected chi connectivity index (χ4v) is 1.16. The lowest BCUT2D eigenvalue weighted by molar-refractivity contribution is 0.0593. The fraction of sp³-hybridized carbons (Fsp3) is 0.250. The van der Waals surface area contributed by atoms with Gasteiger partial charge in [-0.15, -0.1) is 5.10 Å². The van der Waals surface area contributed by atoms with Gasteiger partial charge < -0.3 is 9.84 Å². The number of methoxy groups -OCH3 is 1. The Labute approximate surface area is 84.3 Å². The molecule has 2 aromatic rings. The molecule has 0 unspecified atom stereocenters. The van der Waals surface area contributed by atoms with Crippen molar-refractivity contribution >= 4 is 11.7 Å². The zero-order chi connectivity index (χ0) is 11.0. The molecule has 78 valence electrons. The predicted molar refractivity (Wildman–Crippen MR) is 48.5 cm³/mol. The van der Waals surface area contributed by atoms with Gasteiger partial charge in [-0.3, -0.25) is 0 Å². The van der Waals surface area contributed by atoms with E-state index in [4.69, 9.17) is 0 Å².